The molecule has 1 aliphatic heterocycles. The molecule has 2 aromatic rings. The van der Waals surface area contributed by atoms with Gasteiger partial charge in [0.1, 0.15) is 5.75 Å². The zero-order valence-electron chi connectivity index (χ0n) is 18.1. The van der Waals surface area contributed by atoms with Gasteiger partial charge in [-0.1, -0.05) is 30.3 Å². The second-order valence-electron chi connectivity index (χ2n) is 7.61. The number of carbonyl (C=O) groups excluding carboxylic acids is 3. The lowest BCUT2D eigenvalue weighted by Gasteiger charge is -2.25. The van der Waals surface area contributed by atoms with E-state index in [4.69, 9.17) is 4.74 Å². The Morgan fingerprint density at radius 3 is 2.41 bits per heavy atom. The number of ether oxygens (including phenoxy) is 1. The Balaban J connectivity index is 1.41. The Morgan fingerprint density at radius 2 is 1.72 bits per heavy atom. The summed E-state index contributed by atoms with van der Waals surface area (Å²) in [4.78, 5) is 37.6. The SMILES string of the molecule is C[C@H](NC(=O)COc1ccc(/C=N\NC(=O)C(=O)N2CCCCC2)cc1)c1ccccc1. The number of hydrazone groups is 1. The number of rotatable bonds is 7. The van der Waals surface area contributed by atoms with Crippen LogP contribution < -0.4 is 15.5 Å². The van der Waals surface area contributed by atoms with Crippen LogP contribution in [0, 0.1) is 0 Å². The number of nitrogens with one attached hydrogen (secondary N) is 2. The van der Waals surface area contributed by atoms with Crippen LogP contribution in [-0.4, -0.2) is 48.5 Å². The maximum atomic E-state index is 12.1. The third-order valence-corrected chi connectivity index (χ3v) is 5.14. The maximum absolute atomic E-state index is 12.1. The number of likely N-dealkylation sites (tertiary alicyclic amines) is 1. The summed E-state index contributed by atoms with van der Waals surface area (Å²) in [7, 11) is 0. The van der Waals surface area contributed by atoms with Gasteiger partial charge in [0.05, 0.1) is 12.3 Å². The van der Waals surface area contributed by atoms with Crippen molar-refractivity contribution in [1.29, 1.82) is 0 Å². The molecule has 8 heteroatoms. The maximum Gasteiger partial charge on any atom is 0.329 e. The topological polar surface area (TPSA) is 100 Å². The molecule has 1 fully saturated rings. The monoisotopic (exact) mass is 436 g/mol. The van der Waals surface area contributed by atoms with E-state index in [1.54, 1.807) is 29.2 Å². The minimum absolute atomic E-state index is 0.0979. The smallest absolute Gasteiger partial charge is 0.329 e. The van der Waals surface area contributed by atoms with E-state index in [0.29, 0.717) is 24.4 Å². The van der Waals surface area contributed by atoms with Crippen LogP contribution in [0.4, 0.5) is 0 Å². The van der Waals surface area contributed by atoms with E-state index in [0.717, 1.165) is 24.8 Å². The lowest BCUT2D eigenvalue weighted by atomic mass is 10.1. The van der Waals surface area contributed by atoms with Crippen LogP contribution in [-0.2, 0) is 14.4 Å². The largest absolute Gasteiger partial charge is 0.484 e. The molecular formula is C24H28N4O4. The summed E-state index contributed by atoms with van der Waals surface area (Å²) in [6.45, 7) is 3.04. The highest BCUT2D eigenvalue weighted by Gasteiger charge is 2.22. The molecule has 0 radical (unpaired) electrons. The van der Waals surface area contributed by atoms with E-state index < -0.39 is 11.8 Å². The van der Waals surface area contributed by atoms with Crippen molar-refractivity contribution in [3.05, 3.63) is 65.7 Å². The standard InChI is InChI=1S/C24H28N4O4/c1-18(20-8-4-2-5-9-20)26-22(29)17-32-21-12-10-19(11-13-21)16-25-27-23(30)24(31)28-14-6-3-7-15-28/h2,4-5,8-13,16,18H,3,6-7,14-15,17H2,1H3,(H,26,29)(H,27,30)/b25-16-/t18-/m0/s1. The minimum atomic E-state index is -0.737. The summed E-state index contributed by atoms with van der Waals surface area (Å²) in [5.74, 6) is -0.966. The van der Waals surface area contributed by atoms with Gasteiger partial charge in [-0.25, -0.2) is 5.43 Å². The van der Waals surface area contributed by atoms with Crippen molar-refractivity contribution in [3.8, 4) is 5.75 Å². The van der Waals surface area contributed by atoms with E-state index in [1.165, 1.54) is 6.21 Å². The van der Waals surface area contributed by atoms with Crippen LogP contribution in [0.1, 0.15) is 43.4 Å². The van der Waals surface area contributed by atoms with Gasteiger partial charge in [0.2, 0.25) is 0 Å². The summed E-state index contributed by atoms with van der Waals surface area (Å²) >= 11 is 0. The molecule has 0 unspecified atom stereocenters. The molecule has 168 valence electrons. The predicted molar refractivity (Wildman–Crippen MR) is 121 cm³/mol. The predicted octanol–water partition coefficient (Wildman–Crippen LogP) is 2.41. The van der Waals surface area contributed by atoms with E-state index in [1.807, 2.05) is 37.3 Å². The fourth-order valence-electron chi connectivity index (χ4n) is 3.36. The van der Waals surface area contributed by atoms with Gasteiger partial charge in [-0.3, -0.25) is 14.4 Å². The molecule has 8 nitrogen and oxygen atoms in total. The molecule has 2 N–H and O–H groups in total. The van der Waals surface area contributed by atoms with Crippen LogP contribution in [0.25, 0.3) is 0 Å². The van der Waals surface area contributed by atoms with Crippen LogP contribution >= 0.6 is 0 Å². The zero-order chi connectivity index (χ0) is 22.8. The molecule has 32 heavy (non-hydrogen) atoms. The average Bonchev–Trinajstić information content (AvgIpc) is 2.84. The lowest BCUT2D eigenvalue weighted by molar-refractivity contribution is -0.146. The summed E-state index contributed by atoms with van der Waals surface area (Å²) in [5, 5.41) is 6.74. The van der Waals surface area contributed by atoms with Crippen molar-refractivity contribution in [3.63, 3.8) is 0 Å². The fraction of sp³-hybridized carbons (Fsp3) is 0.333. The summed E-state index contributed by atoms with van der Waals surface area (Å²) in [6.07, 6.45) is 4.37. The lowest BCUT2D eigenvalue weighted by Crippen LogP contribution is -2.43. The number of amides is 3. The molecule has 2 aromatic carbocycles. The van der Waals surface area contributed by atoms with Gasteiger partial charge in [-0.2, -0.15) is 5.10 Å². The van der Waals surface area contributed by atoms with Crippen molar-refractivity contribution in [2.24, 2.45) is 5.10 Å². The molecule has 3 amide bonds. The average molecular weight is 437 g/mol. The number of nitrogens with zero attached hydrogens (tertiary/aromatic N) is 2. The van der Waals surface area contributed by atoms with Gasteiger partial charge >= 0.3 is 11.8 Å². The molecule has 0 aliphatic carbocycles. The number of carbonyl (C=O) groups is 3. The van der Waals surface area contributed by atoms with Gasteiger partial charge in [-0.15, -0.1) is 0 Å². The first-order valence-corrected chi connectivity index (χ1v) is 10.7. The van der Waals surface area contributed by atoms with Gasteiger partial charge in [0.15, 0.2) is 6.61 Å². The summed E-state index contributed by atoms with van der Waals surface area (Å²) < 4.78 is 5.52. The van der Waals surface area contributed by atoms with Crippen LogP contribution in [0.3, 0.4) is 0 Å². The first-order valence-electron chi connectivity index (χ1n) is 10.7. The van der Waals surface area contributed by atoms with E-state index >= 15 is 0 Å². The molecule has 1 atom stereocenters. The number of hydrogen-bond acceptors (Lipinski definition) is 5. The van der Waals surface area contributed by atoms with Gasteiger partial charge in [0, 0.05) is 13.1 Å². The van der Waals surface area contributed by atoms with Gasteiger partial charge in [0.25, 0.3) is 5.91 Å². The third-order valence-electron chi connectivity index (χ3n) is 5.14. The van der Waals surface area contributed by atoms with Gasteiger partial charge < -0.3 is 15.0 Å². The van der Waals surface area contributed by atoms with Crippen molar-refractivity contribution in [1.82, 2.24) is 15.6 Å². The highest BCUT2D eigenvalue weighted by molar-refractivity contribution is 6.35. The second kappa shape index (κ2) is 11.6. The van der Waals surface area contributed by atoms with Crippen molar-refractivity contribution in [2.75, 3.05) is 19.7 Å². The van der Waals surface area contributed by atoms with Crippen LogP contribution in [0.2, 0.25) is 0 Å². The van der Waals surface area contributed by atoms with E-state index in [9.17, 15) is 14.4 Å². The summed E-state index contributed by atoms with van der Waals surface area (Å²) in [5.41, 5.74) is 4.01. The Morgan fingerprint density at radius 1 is 1.03 bits per heavy atom. The number of hydrogen-bond donors (Lipinski definition) is 2. The fourth-order valence-corrected chi connectivity index (χ4v) is 3.36. The highest BCUT2D eigenvalue weighted by atomic mass is 16.5. The van der Waals surface area contributed by atoms with E-state index in [-0.39, 0.29) is 18.6 Å². The molecule has 0 bridgehead atoms. The number of piperidine rings is 1. The normalized spacial score (nSPS) is 14.6. The molecule has 1 aliphatic rings. The highest BCUT2D eigenvalue weighted by Crippen LogP contribution is 2.13. The molecule has 0 aromatic heterocycles. The Bertz CT molecular complexity index is 938. The second-order valence-corrected chi connectivity index (χ2v) is 7.61. The Hall–Kier alpha value is -3.68. The van der Waals surface area contributed by atoms with Crippen LogP contribution in [0.15, 0.2) is 59.7 Å². The quantitative estimate of drug-likeness (QED) is 0.395. The third kappa shape index (κ3) is 6.94. The summed E-state index contributed by atoms with van der Waals surface area (Å²) in [6, 6.07) is 16.5. The van der Waals surface area contributed by atoms with Crippen molar-refractivity contribution < 1.29 is 19.1 Å². The van der Waals surface area contributed by atoms with E-state index in [2.05, 4.69) is 15.8 Å². The minimum Gasteiger partial charge on any atom is -0.484 e. The number of benzene rings is 2. The Labute approximate surface area is 187 Å². The van der Waals surface area contributed by atoms with Crippen molar-refractivity contribution >= 4 is 23.9 Å². The zero-order valence-corrected chi connectivity index (χ0v) is 18.1. The molecule has 0 saturated carbocycles. The molecule has 0 spiro atoms. The van der Waals surface area contributed by atoms with Crippen molar-refractivity contribution in [2.45, 2.75) is 32.2 Å². The van der Waals surface area contributed by atoms with Crippen LogP contribution in [0.5, 0.6) is 5.75 Å². The first-order chi connectivity index (χ1) is 15.5. The van der Waals surface area contributed by atoms with Gasteiger partial charge in [-0.05, 0) is 61.6 Å². The molecular weight excluding hydrogens is 408 g/mol. The molecule has 1 heterocycles. The molecule has 1 saturated heterocycles. The Kier molecular flexibility index (Phi) is 8.36. The first kappa shape index (κ1) is 23.0. The molecule has 3 rings (SSSR count).